The van der Waals surface area contributed by atoms with Gasteiger partial charge in [0.05, 0.1) is 29.0 Å². The molecule has 0 spiro atoms. The number of hydrogen-bond acceptors (Lipinski definition) is 8. The lowest BCUT2D eigenvalue weighted by atomic mass is 9.86. The maximum Gasteiger partial charge on any atom is 0.343 e. The molecule has 6 rings (SSSR count). The summed E-state index contributed by atoms with van der Waals surface area (Å²) in [6.07, 6.45) is 5.09. The summed E-state index contributed by atoms with van der Waals surface area (Å²) in [5.74, 6) is 0.553. The number of cyclic esters (lactones) is 1. The molecule has 2 N–H and O–H groups in total. The Kier molecular flexibility index (Phi) is 4.94. The van der Waals surface area contributed by atoms with Gasteiger partial charge in [0.25, 0.3) is 5.56 Å². The zero-order valence-corrected chi connectivity index (χ0v) is 19.5. The molecule has 0 unspecified atom stereocenters. The number of pyridine rings is 2. The SMILES string of the molecule is CC[C@@]1(O)C(=O)OCc2c1cc1n(c2=O)Cc2c-1nc1cc3c(cc1c2/C=C/CCNC)OCO3. The molecular formula is C26H25N3O6. The largest absolute Gasteiger partial charge is 0.458 e. The first-order valence-corrected chi connectivity index (χ1v) is 11.7. The van der Waals surface area contributed by atoms with E-state index in [0.29, 0.717) is 46.1 Å². The number of aliphatic hydroxyl groups is 1. The third-order valence-electron chi connectivity index (χ3n) is 7.07. The summed E-state index contributed by atoms with van der Waals surface area (Å²) in [4.78, 5) is 30.9. The van der Waals surface area contributed by atoms with Crippen LogP contribution in [-0.2, 0) is 28.3 Å². The Balaban J connectivity index is 1.60. The van der Waals surface area contributed by atoms with Gasteiger partial charge in [0, 0.05) is 22.6 Å². The molecule has 0 bridgehead atoms. The second-order valence-electron chi connectivity index (χ2n) is 8.97. The second kappa shape index (κ2) is 7.93. The zero-order chi connectivity index (χ0) is 24.3. The minimum absolute atomic E-state index is 0.0999. The molecule has 0 fully saturated rings. The number of carbonyl (C=O) groups is 1. The summed E-state index contributed by atoms with van der Waals surface area (Å²) in [6.45, 7) is 2.87. The Hall–Kier alpha value is -3.69. The Bertz CT molecular complexity index is 1490. The smallest absolute Gasteiger partial charge is 0.343 e. The lowest BCUT2D eigenvalue weighted by molar-refractivity contribution is -0.172. The van der Waals surface area contributed by atoms with Crippen molar-refractivity contribution in [3.8, 4) is 22.9 Å². The third kappa shape index (κ3) is 3.11. The van der Waals surface area contributed by atoms with Gasteiger partial charge in [0.15, 0.2) is 17.1 Å². The lowest BCUT2D eigenvalue weighted by Crippen LogP contribution is -2.44. The van der Waals surface area contributed by atoms with Gasteiger partial charge in [-0.1, -0.05) is 19.1 Å². The number of benzene rings is 1. The normalized spacial score (nSPS) is 19.7. The van der Waals surface area contributed by atoms with Crippen LogP contribution in [0.3, 0.4) is 0 Å². The van der Waals surface area contributed by atoms with E-state index in [-0.39, 0.29) is 25.4 Å². The maximum absolute atomic E-state index is 13.5. The van der Waals surface area contributed by atoms with Crippen molar-refractivity contribution >= 4 is 22.9 Å². The number of esters is 1. The van der Waals surface area contributed by atoms with Crippen LogP contribution in [0.2, 0.25) is 0 Å². The van der Waals surface area contributed by atoms with Crippen LogP contribution in [0.4, 0.5) is 0 Å². The highest BCUT2D eigenvalue weighted by Gasteiger charge is 2.45. The first kappa shape index (κ1) is 21.8. The molecule has 9 heteroatoms. The number of ether oxygens (including phenoxy) is 3. The number of hydrogen-bond donors (Lipinski definition) is 2. The Labute approximate surface area is 200 Å². The summed E-state index contributed by atoms with van der Waals surface area (Å²) in [6, 6.07) is 5.51. The van der Waals surface area contributed by atoms with E-state index >= 15 is 0 Å². The molecule has 1 aromatic carbocycles. The van der Waals surface area contributed by atoms with Gasteiger partial charge in [0.2, 0.25) is 6.79 Å². The molecule has 5 heterocycles. The van der Waals surface area contributed by atoms with E-state index in [1.54, 1.807) is 17.6 Å². The van der Waals surface area contributed by atoms with Crippen LogP contribution in [0.25, 0.3) is 28.4 Å². The van der Waals surface area contributed by atoms with Gasteiger partial charge in [-0.05, 0) is 44.1 Å². The molecule has 0 amide bonds. The standard InChI is InChI=1S/C26H25N3O6/c1-3-26(32)18-9-20-23-16(11-29(20)24(30)17(18)12-33-25(26)31)14(6-4-5-7-27-2)15-8-21-22(35-13-34-21)10-19(15)28-23/h4,6,8-10,27,32H,3,5,7,11-13H2,1-2H3/b6-4+/t26-/m0/s1. The second-order valence-corrected chi connectivity index (χ2v) is 8.97. The van der Waals surface area contributed by atoms with Gasteiger partial charge < -0.3 is 29.2 Å². The van der Waals surface area contributed by atoms with Crippen molar-refractivity contribution in [1.82, 2.24) is 14.9 Å². The summed E-state index contributed by atoms with van der Waals surface area (Å²) in [5, 5.41) is 15.2. The molecule has 3 aliphatic rings. The van der Waals surface area contributed by atoms with Crippen LogP contribution in [0.1, 0.15) is 42.0 Å². The van der Waals surface area contributed by atoms with E-state index in [1.807, 2.05) is 19.2 Å². The summed E-state index contributed by atoms with van der Waals surface area (Å²) >= 11 is 0. The molecule has 0 radical (unpaired) electrons. The quantitative estimate of drug-likeness (QED) is 0.334. The van der Waals surface area contributed by atoms with Gasteiger partial charge >= 0.3 is 5.97 Å². The molecule has 1 atom stereocenters. The highest BCUT2D eigenvalue weighted by atomic mass is 16.7. The Morgan fingerprint density at radius 2 is 1.97 bits per heavy atom. The topological polar surface area (TPSA) is 112 Å². The predicted molar refractivity (Wildman–Crippen MR) is 128 cm³/mol. The fraction of sp³-hybridized carbons (Fsp3) is 0.346. The van der Waals surface area contributed by atoms with E-state index in [9.17, 15) is 14.7 Å². The van der Waals surface area contributed by atoms with Crippen molar-refractivity contribution in [3.63, 3.8) is 0 Å². The molecule has 2 aromatic heterocycles. The molecule has 0 saturated heterocycles. The average molecular weight is 476 g/mol. The summed E-state index contributed by atoms with van der Waals surface area (Å²) in [5.41, 5.74) is 2.28. The highest BCUT2D eigenvalue weighted by molar-refractivity contribution is 5.95. The van der Waals surface area contributed by atoms with Crippen LogP contribution in [0.5, 0.6) is 11.5 Å². The fourth-order valence-corrected chi connectivity index (χ4v) is 5.12. The number of fused-ring (bicyclic) bond motifs is 6. The molecule has 0 saturated carbocycles. The van der Waals surface area contributed by atoms with Gasteiger partial charge in [-0.3, -0.25) is 4.79 Å². The minimum atomic E-state index is -1.86. The van der Waals surface area contributed by atoms with Crippen LogP contribution < -0.4 is 20.3 Å². The van der Waals surface area contributed by atoms with E-state index in [0.717, 1.165) is 29.5 Å². The minimum Gasteiger partial charge on any atom is -0.458 e. The van der Waals surface area contributed by atoms with Crippen molar-refractivity contribution in [2.75, 3.05) is 20.4 Å². The molecule has 3 aliphatic heterocycles. The number of nitrogens with one attached hydrogen (secondary N) is 1. The molecular weight excluding hydrogens is 450 g/mol. The molecule has 3 aromatic rings. The van der Waals surface area contributed by atoms with Crippen molar-refractivity contribution in [2.24, 2.45) is 0 Å². The van der Waals surface area contributed by atoms with E-state index in [1.165, 1.54) is 0 Å². The molecule has 9 nitrogen and oxygen atoms in total. The van der Waals surface area contributed by atoms with E-state index < -0.39 is 11.6 Å². The maximum atomic E-state index is 13.5. The average Bonchev–Trinajstić information content (AvgIpc) is 3.47. The fourth-order valence-electron chi connectivity index (χ4n) is 5.12. The molecule has 180 valence electrons. The molecule has 0 aliphatic carbocycles. The van der Waals surface area contributed by atoms with Gasteiger partial charge in [-0.25, -0.2) is 9.78 Å². The van der Waals surface area contributed by atoms with Gasteiger partial charge in [-0.15, -0.1) is 0 Å². The van der Waals surface area contributed by atoms with Crippen molar-refractivity contribution in [1.29, 1.82) is 0 Å². The first-order valence-electron chi connectivity index (χ1n) is 11.7. The monoisotopic (exact) mass is 475 g/mol. The Morgan fingerprint density at radius 1 is 1.17 bits per heavy atom. The summed E-state index contributed by atoms with van der Waals surface area (Å²) in [7, 11) is 1.91. The van der Waals surface area contributed by atoms with E-state index in [4.69, 9.17) is 19.2 Å². The van der Waals surface area contributed by atoms with Crippen LogP contribution >= 0.6 is 0 Å². The first-order chi connectivity index (χ1) is 17.0. The summed E-state index contributed by atoms with van der Waals surface area (Å²) < 4.78 is 18.0. The number of nitrogens with zero attached hydrogens (tertiary/aromatic N) is 2. The van der Waals surface area contributed by atoms with Crippen LogP contribution in [0, 0.1) is 0 Å². The number of rotatable bonds is 5. The highest BCUT2D eigenvalue weighted by Crippen LogP contribution is 2.43. The number of aromatic nitrogens is 2. The van der Waals surface area contributed by atoms with Crippen LogP contribution in [-0.4, -0.2) is 41.0 Å². The van der Waals surface area contributed by atoms with E-state index in [2.05, 4.69) is 17.5 Å². The van der Waals surface area contributed by atoms with Crippen molar-refractivity contribution in [2.45, 2.75) is 38.5 Å². The molecule has 35 heavy (non-hydrogen) atoms. The van der Waals surface area contributed by atoms with Crippen molar-refractivity contribution < 1.29 is 24.1 Å². The Morgan fingerprint density at radius 3 is 2.74 bits per heavy atom. The van der Waals surface area contributed by atoms with Gasteiger partial charge in [0.1, 0.15) is 6.61 Å². The van der Waals surface area contributed by atoms with Crippen molar-refractivity contribution in [3.05, 3.63) is 56.9 Å². The van der Waals surface area contributed by atoms with Crippen LogP contribution in [0.15, 0.2) is 29.1 Å². The zero-order valence-electron chi connectivity index (χ0n) is 19.5. The predicted octanol–water partition coefficient (Wildman–Crippen LogP) is 2.43. The third-order valence-corrected chi connectivity index (χ3v) is 7.07. The van der Waals surface area contributed by atoms with Gasteiger partial charge in [-0.2, -0.15) is 0 Å². The number of carbonyl (C=O) groups excluding carboxylic acids is 1. The lowest BCUT2D eigenvalue weighted by Gasteiger charge is -2.31.